The van der Waals surface area contributed by atoms with Gasteiger partial charge in [0.05, 0.1) is 0 Å². The summed E-state index contributed by atoms with van der Waals surface area (Å²) in [5.74, 6) is 4.99. The second-order valence-corrected chi connectivity index (χ2v) is 17.9. The van der Waals surface area contributed by atoms with E-state index in [0.717, 1.165) is 0 Å². The van der Waals surface area contributed by atoms with E-state index in [2.05, 4.69) is 67.1 Å². The van der Waals surface area contributed by atoms with Gasteiger partial charge >= 0.3 is 104 Å². The molecule has 0 aromatic carbocycles. The van der Waals surface area contributed by atoms with Crippen LogP contribution in [0.25, 0.3) is 0 Å². The van der Waals surface area contributed by atoms with Gasteiger partial charge in [0.15, 0.2) is 0 Å². The van der Waals surface area contributed by atoms with Crippen LogP contribution in [0.1, 0.15) is 0 Å². The van der Waals surface area contributed by atoms with E-state index in [0.29, 0.717) is 4.09 Å². The molecule has 0 nitrogen and oxygen atoms in total. The molecule has 1 atom stereocenters. The molecule has 0 fully saturated rings. The van der Waals surface area contributed by atoms with Gasteiger partial charge in [-0.3, -0.25) is 0 Å². The normalized spacial score (nSPS) is 25.5. The van der Waals surface area contributed by atoms with E-state index >= 15 is 0 Å². The van der Waals surface area contributed by atoms with Crippen LogP contribution in [0.3, 0.4) is 0 Å². The van der Waals surface area contributed by atoms with Crippen molar-refractivity contribution in [2.45, 2.75) is 41.3 Å². The van der Waals surface area contributed by atoms with E-state index in [4.69, 9.17) is 0 Å². The zero-order valence-corrected chi connectivity index (χ0v) is 14.9. The molecule has 0 aromatic rings. The SMILES string of the molecule is [Li].[Li][C]1(C[Si](C)(C)C)C=CC=[C]1[GeH]([CH3])[CH3]. The van der Waals surface area contributed by atoms with Gasteiger partial charge in [-0.1, -0.05) is 0 Å². The van der Waals surface area contributed by atoms with Gasteiger partial charge in [-0.2, -0.15) is 0 Å². The molecule has 0 spiro atoms. The molecule has 0 saturated carbocycles. The van der Waals surface area contributed by atoms with E-state index < -0.39 is 22.4 Å². The van der Waals surface area contributed by atoms with E-state index in [1.807, 2.05) is 4.41 Å². The van der Waals surface area contributed by atoms with Gasteiger partial charge < -0.3 is 0 Å². The first-order valence-corrected chi connectivity index (χ1v) is 15.4. The molecule has 1 unspecified atom stereocenters. The third-order valence-electron chi connectivity index (χ3n) is 2.92. The zero-order valence-electron chi connectivity index (χ0n) is 11.5. The summed E-state index contributed by atoms with van der Waals surface area (Å²) in [6.07, 6.45) is 7.15. The van der Waals surface area contributed by atoms with Crippen molar-refractivity contribution >= 4 is 59.0 Å². The molecule has 1 rings (SSSR count). The first-order valence-electron chi connectivity index (χ1n) is 5.64. The van der Waals surface area contributed by atoms with Crippen LogP contribution in [0.5, 0.6) is 0 Å². The van der Waals surface area contributed by atoms with Gasteiger partial charge in [-0.05, 0) is 0 Å². The van der Waals surface area contributed by atoms with Crippen LogP contribution < -0.4 is 0 Å². The van der Waals surface area contributed by atoms with E-state index in [9.17, 15) is 0 Å². The van der Waals surface area contributed by atoms with Crippen LogP contribution >= 0.6 is 0 Å². The number of allylic oxidation sites excluding steroid dienone is 4. The second kappa shape index (κ2) is 5.86. The van der Waals surface area contributed by atoms with Crippen molar-refractivity contribution < 1.29 is 0 Å². The molecule has 0 aromatic heterocycles. The zero-order chi connectivity index (χ0) is 11.0. The summed E-state index contributed by atoms with van der Waals surface area (Å²) in [6.45, 7) is 7.44. The Morgan fingerprint density at radius 2 is 1.87 bits per heavy atom. The molecular formula is C11H21GeLi2Si. The molecule has 0 N–H and O–H groups in total. The Morgan fingerprint density at radius 1 is 1.33 bits per heavy atom. The molecule has 0 saturated heterocycles. The predicted molar refractivity (Wildman–Crippen MR) is 78.5 cm³/mol. The third kappa shape index (κ3) is 4.67. The molecule has 1 radical (unpaired) electrons. The van der Waals surface area contributed by atoms with Gasteiger partial charge in [0, 0.05) is 18.9 Å². The molecular weight excluding hydrogens is 247 g/mol. The quantitative estimate of drug-likeness (QED) is 0.690. The maximum atomic E-state index is 2.49. The molecule has 15 heavy (non-hydrogen) atoms. The Labute approximate surface area is 122 Å². The monoisotopic (exact) mass is 269 g/mol. The predicted octanol–water partition coefficient (Wildman–Crippen LogP) is 2.79. The van der Waals surface area contributed by atoms with Gasteiger partial charge in [-0.15, -0.1) is 0 Å². The van der Waals surface area contributed by atoms with Crippen LogP contribution in [0.2, 0.25) is 41.3 Å². The van der Waals surface area contributed by atoms with Gasteiger partial charge in [0.1, 0.15) is 0 Å². The van der Waals surface area contributed by atoms with Crippen LogP contribution in [-0.2, 0) is 0 Å². The molecule has 0 heterocycles. The molecule has 0 bridgehead atoms. The summed E-state index contributed by atoms with van der Waals surface area (Å²) in [6, 6.07) is 1.42. The van der Waals surface area contributed by atoms with E-state index in [1.165, 1.54) is 6.04 Å². The molecule has 0 amide bonds. The van der Waals surface area contributed by atoms with Gasteiger partial charge in [-0.25, -0.2) is 0 Å². The average molecular weight is 268 g/mol. The third-order valence-corrected chi connectivity index (χ3v) is 9.11. The summed E-state index contributed by atoms with van der Waals surface area (Å²) in [5, 5.41) is 0. The Kier molecular flexibility index (Phi) is 6.42. The summed E-state index contributed by atoms with van der Waals surface area (Å²) < 4.78 is 2.26. The topological polar surface area (TPSA) is 0 Å². The van der Waals surface area contributed by atoms with Crippen LogP contribution in [-0.4, -0.2) is 59.0 Å². The van der Waals surface area contributed by atoms with Crippen molar-refractivity contribution in [3.05, 3.63) is 22.6 Å². The van der Waals surface area contributed by atoms with Gasteiger partial charge in [0.2, 0.25) is 0 Å². The van der Waals surface area contributed by atoms with Crippen LogP contribution in [0.15, 0.2) is 22.6 Å². The number of rotatable bonds is 3. The van der Waals surface area contributed by atoms with Crippen molar-refractivity contribution in [1.82, 2.24) is 0 Å². The molecule has 1 aliphatic carbocycles. The first kappa shape index (κ1) is 16.4. The molecule has 4 heteroatoms. The fraction of sp³-hybridized carbons (Fsp3) is 0.636. The maximum absolute atomic E-state index is 2.49. The van der Waals surface area contributed by atoms with Crippen molar-refractivity contribution in [3.63, 3.8) is 0 Å². The van der Waals surface area contributed by atoms with E-state index in [-0.39, 0.29) is 18.9 Å². The molecule has 0 aliphatic heterocycles. The Morgan fingerprint density at radius 3 is 2.27 bits per heavy atom. The average Bonchev–Trinajstić information content (AvgIpc) is 2.26. The Bertz CT molecular complexity index is 279. The minimum atomic E-state index is -1.07. The van der Waals surface area contributed by atoms with Gasteiger partial charge in [0.25, 0.3) is 0 Å². The molecule has 1 aliphatic rings. The standard InChI is InChI=1S/C11H21GeSi.2Li/c1-12(2)11-8-6-7-10(11)9-13(3,4)5;;/h6-8,12H,9H2,1-5H3;;. The van der Waals surface area contributed by atoms with Crippen LogP contribution in [0.4, 0.5) is 0 Å². The summed E-state index contributed by atoms with van der Waals surface area (Å²) >= 11 is 1.38. The summed E-state index contributed by atoms with van der Waals surface area (Å²) in [5.41, 5.74) is 0. The fourth-order valence-corrected chi connectivity index (χ4v) is 9.94. The second-order valence-electron chi connectivity index (χ2n) is 6.29. The molecule has 75 valence electrons. The summed E-state index contributed by atoms with van der Waals surface area (Å²) in [4.78, 5) is 0. The van der Waals surface area contributed by atoms with E-state index in [1.54, 1.807) is 0 Å². The Hall–Kier alpha value is 1.43. The van der Waals surface area contributed by atoms with Crippen molar-refractivity contribution in [2.75, 3.05) is 0 Å². The number of hydrogen-bond acceptors (Lipinski definition) is 0. The van der Waals surface area contributed by atoms with Crippen molar-refractivity contribution in [2.24, 2.45) is 0 Å². The van der Waals surface area contributed by atoms with Crippen LogP contribution in [0, 0.1) is 0 Å². The summed E-state index contributed by atoms with van der Waals surface area (Å²) in [7, 11) is -0.944. The first-order chi connectivity index (χ1) is 6.25. The Balaban J connectivity index is 0.00000196. The van der Waals surface area contributed by atoms with Crippen molar-refractivity contribution in [1.29, 1.82) is 0 Å². The number of hydrogen-bond donors (Lipinski definition) is 0. The van der Waals surface area contributed by atoms with Crippen molar-refractivity contribution in [3.8, 4) is 0 Å². The minimum absolute atomic E-state index is 0. The fourth-order valence-electron chi connectivity index (χ4n) is 2.77.